The number of ether oxygens (including phenoxy) is 1. The predicted molar refractivity (Wildman–Crippen MR) is 105 cm³/mol. The molecule has 8 heteroatoms. The van der Waals surface area contributed by atoms with Gasteiger partial charge in [0.15, 0.2) is 0 Å². The maximum Gasteiger partial charge on any atom is 0.340 e. The van der Waals surface area contributed by atoms with Gasteiger partial charge in [0.2, 0.25) is 0 Å². The van der Waals surface area contributed by atoms with E-state index in [4.69, 9.17) is 20.9 Å². The number of amides is 1. The van der Waals surface area contributed by atoms with E-state index in [1.165, 1.54) is 7.11 Å². The van der Waals surface area contributed by atoms with Crippen LogP contribution in [-0.4, -0.2) is 24.1 Å². The molecule has 0 aliphatic heterocycles. The highest BCUT2D eigenvalue weighted by molar-refractivity contribution is 9.10. The average molecular weight is 450 g/mol. The zero-order valence-corrected chi connectivity index (χ0v) is 16.7. The van der Waals surface area contributed by atoms with Crippen LogP contribution in [0.5, 0.6) is 0 Å². The Balaban J connectivity index is 2.01. The standard InChI is InChI=1S/C19H14BrClN2O4/c1-10-16(17(23-27-10)12-5-3-4-6-14(12)21)18(24)22-15-8-7-11(20)9-13(15)19(25)26-2/h3-9H,1-2H3,(H,22,24). The third-order valence-corrected chi connectivity index (χ3v) is 4.68. The Labute approximate surface area is 168 Å². The molecule has 0 saturated carbocycles. The van der Waals surface area contributed by atoms with Gasteiger partial charge in [-0.15, -0.1) is 0 Å². The molecule has 0 radical (unpaired) electrons. The molecule has 3 rings (SSSR count). The van der Waals surface area contributed by atoms with E-state index in [1.807, 2.05) is 0 Å². The number of benzene rings is 2. The highest BCUT2D eigenvalue weighted by Gasteiger charge is 2.24. The molecule has 27 heavy (non-hydrogen) atoms. The first-order chi connectivity index (χ1) is 12.9. The first kappa shape index (κ1) is 19.1. The van der Waals surface area contributed by atoms with Crippen LogP contribution in [0.2, 0.25) is 5.02 Å². The number of hydrogen-bond acceptors (Lipinski definition) is 5. The Morgan fingerprint density at radius 1 is 1.22 bits per heavy atom. The number of carbonyl (C=O) groups is 2. The van der Waals surface area contributed by atoms with E-state index in [2.05, 4.69) is 26.4 Å². The quantitative estimate of drug-likeness (QED) is 0.560. The van der Waals surface area contributed by atoms with Crippen LogP contribution in [0.3, 0.4) is 0 Å². The molecule has 6 nitrogen and oxygen atoms in total. The van der Waals surface area contributed by atoms with Crippen LogP contribution in [0, 0.1) is 6.92 Å². The summed E-state index contributed by atoms with van der Waals surface area (Å²) >= 11 is 9.53. The predicted octanol–water partition coefficient (Wildman–Crippen LogP) is 5.10. The normalized spacial score (nSPS) is 10.5. The molecule has 0 unspecified atom stereocenters. The third kappa shape index (κ3) is 3.89. The number of rotatable bonds is 4. The van der Waals surface area contributed by atoms with E-state index >= 15 is 0 Å². The lowest BCUT2D eigenvalue weighted by Gasteiger charge is -2.11. The van der Waals surface area contributed by atoms with Crippen LogP contribution >= 0.6 is 27.5 Å². The average Bonchev–Trinajstić information content (AvgIpc) is 3.04. The van der Waals surface area contributed by atoms with Gasteiger partial charge in [-0.2, -0.15) is 0 Å². The molecule has 3 aromatic rings. The van der Waals surface area contributed by atoms with Crippen LogP contribution < -0.4 is 5.32 Å². The van der Waals surface area contributed by atoms with Crippen molar-refractivity contribution < 1.29 is 18.8 Å². The molecule has 0 aliphatic rings. The van der Waals surface area contributed by atoms with E-state index in [9.17, 15) is 9.59 Å². The lowest BCUT2D eigenvalue weighted by molar-refractivity contribution is 0.0602. The SMILES string of the molecule is COC(=O)c1cc(Br)ccc1NC(=O)c1c(-c2ccccc2Cl)noc1C. The summed E-state index contributed by atoms with van der Waals surface area (Å²) in [5.74, 6) is -0.713. The number of anilines is 1. The summed E-state index contributed by atoms with van der Waals surface area (Å²) in [6, 6.07) is 11.9. The zero-order valence-electron chi connectivity index (χ0n) is 14.4. The summed E-state index contributed by atoms with van der Waals surface area (Å²) in [4.78, 5) is 24.9. The lowest BCUT2D eigenvalue weighted by Crippen LogP contribution is -2.16. The summed E-state index contributed by atoms with van der Waals surface area (Å²) in [5.41, 5.74) is 1.66. The number of nitrogens with zero attached hydrogens (tertiary/aromatic N) is 1. The number of hydrogen-bond donors (Lipinski definition) is 1. The van der Waals surface area contributed by atoms with Crippen LogP contribution in [0.4, 0.5) is 5.69 Å². The van der Waals surface area contributed by atoms with E-state index < -0.39 is 11.9 Å². The molecule has 1 amide bonds. The van der Waals surface area contributed by atoms with Crippen molar-refractivity contribution in [3.63, 3.8) is 0 Å². The molecule has 0 bridgehead atoms. The van der Waals surface area contributed by atoms with Gasteiger partial charge >= 0.3 is 5.97 Å². The number of halogens is 2. The topological polar surface area (TPSA) is 81.4 Å². The second-order valence-electron chi connectivity index (χ2n) is 5.58. The number of aromatic nitrogens is 1. The van der Waals surface area contributed by atoms with Crippen LogP contribution in [-0.2, 0) is 4.74 Å². The molecule has 1 heterocycles. The zero-order chi connectivity index (χ0) is 19.6. The van der Waals surface area contributed by atoms with Crippen molar-refractivity contribution in [3.05, 3.63) is 68.8 Å². The fourth-order valence-electron chi connectivity index (χ4n) is 2.57. The fourth-order valence-corrected chi connectivity index (χ4v) is 3.15. The first-order valence-corrected chi connectivity index (χ1v) is 9.00. The van der Waals surface area contributed by atoms with E-state index in [1.54, 1.807) is 49.4 Å². The summed E-state index contributed by atoms with van der Waals surface area (Å²) in [7, 11) is 1.27. The number of aryl methyl sites for hydroxylation is 1. The molecule has 1 N–H and O–H groups in total. The molecular formula is C19H14BrClN2O4. The van der Waals surface area contributed by atoms with Crippen molar-refractivity contribution >= 4 is 45.1 Å². The highest BCUT2D eigenvalue weighted by atomic mass is 79.9. The van der Waals surface area contributed by atoms with Crippen LogP contribution in [0.1, 0.15) is 26.5 Å². The second-order valence-corrected chi connectivity index (χ2v) is 6.90. The van der Waals surface area contributed by atoms with Gasteiger partial charge in [-0.3, -0.25) is 4.79 Å². The van der Waals surface area contributed by atoms with Gasteiger partial charge in [-0.25, -0.2) is 4.79 Å². The smallest absolute Gasteiger partial charge is 0.340 e. The van der Waals surface area contributed by atoms with Gasteiger partial charge in [0.1, 0.15) is 17.0 Å². The van der Waals surface area contributed by atoms with Crippen molar-refractivity contribution in [1.29, 1.82) is 0 Å². The highest BCUT2D eigenvalue weighted by Crippen LogP contribution is 2.32. The molecule has 0 aliphatic carbocycles. The van der Waals surface area contributed by atoms with Crippen molar-refractivity contribution in [2.75, 3.05) is 12.4 Å². The Morgan fingerprint density at radius 3 is 2.67 bits per heavy atom. The Bertz CT molecular complexity index is 1030. The number of methoxy groups -OCH3 is 1. The Hall–Kier alpha value is -2.64. The maximum atomic E-state index is 12.9. The minimum absolute atomic E-state index is 0.216. The largest absolute Gasteiger partial charge is 0.465 e. The van der Waals surface area contributed by atoms with Gasteiger partial charge in [-0.05, 0) is 31.2 Å². The van der Waals surface area contributed by atoms with Crippen molar-refractivity contribution in [1.82, 2.24) is 5.16 Å². The number of esters is 1. The molecular weight excluding hydrogens is 436 g/mol. The fraction of sp³-hybridized carbons (Fsp3) is 0.105. The van der Waals surface area contributed by atoms with E-state index in [0.717, 1.165) is 0 Å². The van der Waals surface area contributed by atoms with Crippen molar-refractivity contribution in [2.24, 2.45) is 0 Å². The van der Waals surface area contributed by atoms with Crippen LogP contribution in [0.25, 0.3) is 11.3 Å². The molecule has 0 atom stereocenters. The van der Waals surface area contributed by atoms with Gasteiger partial charge in [0.25, 0.3) is 5.91 Å². The summed E-state index contributed by atoms with van der Waals surface area (Å²) < 4.78 is 10.7. The van der Waals surface area contributed by atoms with Gasteiger partial charge in [0, 0.05) is 10.0 Å². The van der Waals surface area contributed by atoms with Gasteiger partial charge < -0.3 is 14.6 Å². The number of carbonyl (C=O) groups excluding carboxylic acids is 2. The second kappa shape index (κ2) is 7.94. The van der Waals surface area contributed by atoms with Crippen molar-refractivity contribution in [2.45, 2.75) is 6.92 Å². The minimum Gasteiger partial charge on any atom is -0.465 e. The molecule has 1 aromatic heterocycles. The first-order valence-electron chi connectivity index (χ1n) is 7.82. The number of nitrogens with one attached hydrogen (secondary N) is 1. The van der Waals surface area contributed by atoms with E-state index in [-0.39, 0.29) is 11.1 Å². The summed E-state index contributed by atoms with van der Waals surface area (Å²) in [6.45, 7) is 1.63. The van der Waals surface area contributed by atoms with Crippen LogP contribution in [0.15, 0.2) is 51.5 Å². The minimum atomic E-state index is -0.569. The third-order valence-electron chi connectivity index (χ3n) is 3.85. The molecule has 0 spiro atoms. The summed E-state index contributed by atoms with van der Waals surface area (Å²) in [6.07, 6.45) is 0. The molecule has 0 saturated heterocycles. The summed E-state index contributed by atoms with van der Waals surface area (Å²) in [5, 5.41) is 7.14. The maximum absolute atomic E-state index is 12.9. The van der Waals surface area contributed by atoms with Gasteiger partial charge in [-0.1, -0.05) is 50.9 Å². The van der Waals surface area contributed by atoms with E-state index in [0.29, 0.717) is 32.2 Å². The monoisotopic (exact) mass is 448 g/mol. The molecule has 0 fully saturated rings. The molecule has 138 valence electrons. The van der Waals surface area contributed by atoms with Crippen molar-refractivity contribution in [3.8, 4) is 11.3 Å². The van der Waals surface area contributed by atoms with Gasteiger partial charge in [0.05, 0.1) is 23.4 Å². The lowest BCUT2D eigenvalue weighted by atomic mass is 10.1. The molecule has 2 aromatic carbocycles. The Morgan fingerprint density at radius 2 is 1.96 bits per heavy atom. The Kier molecular flexibility index (Phi) is 5.62.